The van der Waals surface area contributed by atoms with Crippen LogP contribution in [-0.2, 0) is 19.0 Å². The van der Waals surface area contributed by atoms with Gasteiger partial charge in [0.05, 0.1) is 12.7 Å². The number of aliphatic hydroxyl groups is 5. The van der Waals surface area contributed by atoms with Crippen molar-refractivity contribution in [2.45, 2.75) is 181 Å². The van der Waals surface area contributed by atoms with E-state index in [9.17, 15) is 30.3 Å². The Kier molecular flexibility index (Phi) is 9.92. The molecular weight excluding hydrogens is 648 g/mol. The van der Waals surface area contributed by atoms with Gasteiger partial charge < -0.3 is 39.7 Å². The Balaban J connectivity index is 0.954. The highest BCUT2D eigenvalue weighted by Crippen LogP contribution is 2.78. The van der Waals surface area contributed by atoms with E-state index < -0.39 is 61.6 Å². The predicted molar refractivity (Wildman–Crippen MR) is 192 cm³/mol. The van der Waals surface area contributed by atoms with Crippen LogP contribution in [0.1, 0.15) is 132 Å². The summed E-state index contributed by atoms with van der Waals surface area (Å²) >= 11 is 0. The first-order valence-corrected chi connectivity index (χ1v) is 20.7. The second-order valence-electron chi connectivity index (χ2n) is 20.8. The van der Waals surface area contributed by atoms with Crippen LogP contribution in [0.3, 0.4) is 0 Å². The van der Waals surface area contributed by atoms with Crippen LogP contribution in [0.2, 0.25) is 0 Å². The summed E-state index contributed by atoms with van der Waals surface area (Å²) in [4.78, 5) is 11.8. The van der Waals surface area contributed by atoms with E-state index in [1.54, 1.807) is 0 Å². The summed E-state index contributed by atoms with van der Waals surface area (Å²) in [5.74, 6) is 4.08. The van der Waals surface area contributed by atoms with Gasteiger partial charge in [-0.3, -0.25) is 0 Å². The first kappa shape index (κ1) is 38.5. The van der Waals surface area contributed by atoms with Gasteiger partial charge in [-0.1, -0.05) is 55.4 Å². The van der Waals surface area contributed by atoms with E-state index in [-0.39, 0.29) is 0 Å². The monoisotopic (exact) mass is 719 g/mol. The molecule has 0 radical (unpaired) electrons. The lowest BCUT2D eigenvalue weighted by Crippen LogP contribution is -2.66. The van der Waals surface area contributed by atoms with Gasteiger partial charge in [0.15, 0.2) is 18.5 Å². The van der Waals surface area contributed by atoms with E-state index in [1.807, 2.05) is 0 Å². The molecule has 9 nitrogen and oxygen atoms in total. The van der Waals surface area contributed by atoms with Crippen molar-refractivity contribution >= 4 is 5.97 Å². The van der Waals surface area contributed by atoms with Crippen LogP contribution in [0.25, 0.3) is 0 Å². The summed E-state index contributed by atoms with van der Waals surface area (Å²) in [6, 6.07) is 0. The molecule has 7 aliphatic rings. The number of carbonyl (C=O) groups is 1. The van der Waals surface area contributed by atoms with Gasteiger partial charge in [0, 0.05) is 0 Å². The number of ether oxygens (including phenoxy) is 3. The topological polar surface area (TPSA) is 146 Å². The van der Waals surface area contributed by atoms with Crippen molar-refractivity contribution in [3.05, 3.63) is 0 Å². The summed E-state index contributed by atoms with van der Waals surface area (Å²) in [5.41, 5.74) is 1.93. The van der Waals surface area contributed by atoms with Crippen LogP contribution in [-0.4, -0.2) is 87.1 Å². The summed E-state index contributed by atoms with van der Waals surface area (Å²) < 4.78 is 15.8. The van der Waals surface area contributed by atoms with Crippen molar-refractivity contribution in [3.63, 3.8) is 0 Å². The number of esters is 1. The third kappa shape index (κ3) is 5.82. The molecule has 19 atom stereocenters. The van der Waals surface area contributed by atoms with Gasteiger partial charge in [-0.15, -0.1) is 0 Å². The van der Waals surface area contributed by atoms with Crippen LogP contribution in [0.4, 0.5) is 0 Å². The molecule has 0 aromatic carbocycles. The molecule has 292 valence electrons. The number of aliphatic hydroxyl groups excluding tert-OH is 5. The molecule has 5 saturated carbocycles. The molecule has 0 aromatic heterocycles. The van der Waals surface area contributed by atoms with Gasteiger partial charge in [-0.05, 0) is 146 Å². The van der Waals surface area contributed by atoms with Crippen LogP contribution >= 0.6 is 0 Å². The first-order valence-electron chi connectivity index (χ1n) is 20.7. The Morgan fingerprint density at radius 1 is 0.784 bits per heavy atom. The van der Waals surface area contributed by atoms with Gasteiger partial charge in [0.1, 0.15) is 24.4 Å². The molecule has 2 saturated heterocycles. The number of hydrogen-bond donors (Lipinski definition) is 5. The second kappa shape index (κ2) is 13.2. The number of hydrogen-bond acceptors (Lipinski definition) is 9. The lowest BCUT2D eigenvalue weighted by Gasteiger charge is -2.73. The van der Waals surface area contributed by atoms with Crippen LogP contribution in [0.5, 0.6) is 0 Å². The lowest BCUT2D eigenvalue weighted by atomic mass is 9.31. The van der Waals surface area contributed by atoms with E-state index >= 15 is 0 Å². The molecule has 19 unspecified atom stereocenters. The van der Waals surface area contributed by atoms with Crippen molar-refractivity contribution in [1.82, 2.24) is 0 Å². The smallest absolute Gasteiger partial charge is 0.338 e. The Hall–Kier alpha value is -0.810. The third-order valence-corrected chi connectivity index (χ3v) is 17.8. The molecule has 7 rings (SSSR count). The fourth-order valence-corrected chi connectivity index (χ4v) is 15.6. The summed E-state index contributed by atoms with van der Waals surface area (Å²) in [7, 11) is 0. The maximum atomic E-state index is 11.8. The molecule has 2 bridgehead atoms. The zero-order valence-electron chi connectivity index (χ0n) is 32.7. The fourth-order valence-electron chi connectivity index (χ4n) is 15.6. The SMILES string of the molecule is CC1CC(C)(C)C2CCC3(C)C(CCC4C5(C)CCC(C(C)CCC(O)C(O)C(O)COC6OC7C(=O)OC(C6O)C7O)C5CCC43C)C2(C)C1. The van der Waals surface area contributed by atoms with E-state index in [0.29, 0.717) is 51.2 Å². The van der Waals surface area contributed by atoms with Gasteiger partial charge >= 0.3 is 5.97 Å². The summed E-state index contributed by atoms with van der Waals surface area (Å²) in [5, 5.41) is 52.8. The average molecular weight is 719 g/mol. The first-order chi connectivity index (χ1) is 23.8. The highest BCUT2D eigenvalue weighted by Gasteiger charge is 2.70. The molecule has 2 aliphatic heterocycles. The zero-order valence-corrected chi connectivity index (χ0v) is 32.7. The summed E-state index contributed by atoms with van der Waals surface area (Å²) in [6.45, 7) is 20.4. The van der Waals surface area contributed by atoms with Crippen molar-refractivity contribution in [3.8, 4) is 0 Å². The molecule has 9 heteroatoms. The molecule has 2 heterocycles. The minimum Gasteiger partial charge on any atom is -0.454 e. The minimum atomic E-state index is -1.44. The molecule has 0 spiro atoms. The molecule has 5 aliphatic carbocycles. The Labute approximate surface area is 306 Å². The molecule has 51 heavy (non-hydrogen) atoms. The molecule has 7 fully saturated rings. The van der Waals surface area contributed by atoms with E-state index in [0.717, 1.165) is 30.1 Å². The predicted octanol–water partition coefficient (Wildman–Crippen LogP) is 5.61. The Morgan fingerprint density at radius 2 is 1.43 bits per heavy atom. The highest BCUT2D eigenvalue weighted by atomic mass is 16.7. The molecule has 5 N–H and O–H groups in total. The van der Waals surface area contributed by atoms with E-state index in [1.165, 1.54) is 64.2 Å². The number of fused-ring (bicyclic) bond motifs is 9. The lowest BCUT2D eigenvalue weighted by molar-refractivity contribution is -0.270. The van der Waals surface area contributed by atoms with Crippen molar-refractivity contribution in [1.29, 1.82) is 0 Å². The Bertz CT molecular complexity index is 1310. The quantitative estimate of drug-likeness (QED) is 0.192. The minimum absolute atomic E-state index is 0.333. The molecule has 0 amide bonds. The van der Waals surface area contributed by atoms with E-state index in [4.69, 9.17) is 14.2 Å². The highest BCUT2D eigenvalue weighted by molar-refractivity contribution is 5.78. The average Bonchev–Trinajstić information content (AvgIpc) is 3.50. The van der Waals surface area contributed by atoms with Crippen LogP contribution < -0.4 is 0 Å². The normalized spacial score (nSPS) is 52.4. The maximum Gasteiger partial charge on any atom is 0.338 e. The van der Waals surface area contributed by atoms with Gasteiger partial charge in [0.25, 0.3) is 0 Å². The largest absolute Gasteiger partial charge is 0.454 e. The summed E-state index contributed by atoms with van der Waals surface area (Å²) in [6.07, 6.45) is 4.08. The van der Waals surface area contributed by atoms with E-state index in [2.05, 4.69) is 55.4 Å². The standard InChI is InChI=1S/C42H70O9/c1-22-19-38(3,4)28-15-18-42(8)30(40(28,6)20-22)12-11-29-39(5)16-13-24(25(39)14-17-41(29,42)7)23(2)9-10-26(43)31(45)27(44)21-49-37-33(47)34-32(46)35(51-37)36(48)50-34/h22-35,37,43-47H,9-21H2,1-8H3. The Morgan fingerprint density at radius 3 is 2.12 bits per heavy atom. The molecular formula is C42H70O9. The molecule has 0 aromatic rings. The van der Waals surface area contributed by atoms with Crippen LogP contribution in [0.15, 0.2) is 0 Å². The van der Waals surface area contributed by atoms with Gasteiger partial charge in [-0.2, -0.15) is 0 Å². The fraction of sp³-hybridized carbons (Fsp3) is 0.976. The van der Waals surface area contributed by atoms with Crippen molar-refractivity contribution in [2.75, 3.05) is 6.61 Å². The van der Waals surface area contributed by atoms with Gasteiger partial charge in [-0.25, -0.2) is 4.79 Å². The number of carbonyl (C=O) groups excluding carboxylic acids is 1. The zero-order chi connectivity index (χ0) is 37.1. The maximum absolute atomic E-state index is 11.8. The third-order valence-electron chi connectivity index (χ3n) is 17.8. The second-order valence-corrected chi connectivity index (χ2v) is 20.8. The number of rotatable bonds is 9. The van der Waals surface area contributed by atoms with Gasteiger partial charge in [0.2, 0.25) is 0 Å². The van der Waals surface area contributed by atoms with Crippen LogP contribution in [0, 0.1) is 68.5 Å². The van der Waals surface area contributed by atoms with Crippen molar-refractivity contribution < 1.29 is 44.5 Å². The van der Waals surface area contributed by atoms with Crippen molar-refractivity contribution in [2.24, 2.45) is 68.5 Å².